The maximum Gasteiger partial charge on any atom is 0.157 e. The Bertz CT molecular complexity index is 716. The molecule has 12 nitrogen and oxygen atoms in total. The first-order chi connectivity index (χ1) is 15.1. The van der Waals surface area contributed by atoms with Crippen molar-refractivity contribution in [3.63, 3.8) is 0 Å². The van der Waals surface area contributed by atoms with Crippen molar-refractivity contribution in [2.45, 2.75) is 75.1 Å². The lowest BCUT2D eigenvalue weighted by Gasteiger charge is -2.42. The molecule has 0 unspecified atom stereocenters. The van der Waals surface area contributed by atoms with E-state index in [0.717, 1.165) is 11.1 Å². The van der Waals surface area contributed by atoms with Crippen LogP contribution < -0.4 is 10.6 Å². The lowest BCUT2D eigenvalue weighted by Crippen LogP contribution is -2.61. The van der Waals surface area contributed by atoms with Crippen molar-refractivity contribution in [2.75, 3.05) is 23.8 Å². The molecule has 0 radical (unpaired) electrons. The summed E-state index contributed by atoms with van der Waals surface area (Å²) in [6, 6.07) is 3.42. The standard InChI is InChI=1S/C20H32N2O10/c1-7-3-9(21-19-17(29)15(27)13(25)11(5-23)31-19)10(4-8(7)2)22-20-18(30)16(28)14(26)12(6-24)32-20/h3-4,11-30H,5-6H2,1-2H3/t11-,12-,13+,14+,15+,16+,17-,18+,19-,20-/m1/s1. The molecule has 2 heterocycles. The maximum absolute atomic E-state index is 10.3. The molecule has 2 aliphatic heterocycles. The molecule has 0 spiro atoms. The van der Waals surface area contributed by atoms with Crippen LogP contribution in [0.3, 0.4) is 0 Å². The monoisotopic (exact) mass is 460 g/mol. The second-order valence-electron chi connectivity index (χ2n) is 8.27. The van der Waals surface area contributed by atoms with Gasteiger partial charge in [-0.05, 0) is 37.1 Å². The van der Waals surface area contributed by atoms with E-state index >= 15 is 0 Å². The van der Waals surface area contributed by atoms with E-state index in [4.69, 9.17) is 9.47 Å². The number of benzene rings is 1. The summed E-state index contributed by atoms with van der Waals surface area (Å²) in [5, 5.41) is 85.3. The molecule has 0 bridgehead atoms. The fourth-order valence-corrected chi connectivity index (χ4v) is 3.80. The highest BCUT2D eigenvalue weighted by atomic mass is 16.6. The number of hydrogen-bond acceptors (Lipinski definition) is 12. The van der Waals surface area contributed by atoms with Crippen molar-refractivity contribution < 1.29 is 50.3 Å². The number of rotatable bonds is 6. The van der Waals surface area contributed by atoms with Gasteiger partial charge in [0.1, 0.15) is 48.8 Å². The van der Waals surface area contributed by atoms with Crippen molar-refractivity contribution in [3.8, 4) is 0 Å². The molecule has 1 aromatic rings. The molecular formula is C20H32N2O10. The van der Waals surface area contributed by atoms with Crippen LogP contribution >= 0.6 is 0 Å². The third kappa shape index (κ3) is 4.84. The Morgan fingerprint density at radius 2 is 0.969 bits per heavy atom. The molecule has 10 N–H and O–H groups in total. The zero-order valence-electron chi connectivity index (χ0n) is 17.7. The van der Waals surface area contributed by atoms with Gasteiger partial charge < -0.3 is 61.0 Å². The van der Waals surface area contributed by atoms with Gasteiger partial charge in [-0.2, -0.15) is 0 Å². The molecule has 0 saturated carbocycles. The van der Waals surface area contributed by atoms with Crippen LogP contribution in [0, 0.1) is 13.8 Å². The van der Waals surface area contributed by atoms with Crippen molar-refractivity contribution in [2.24, 2.45) is 0 Å². The number of aliphatic hydroxyl groups is 8. The average molecular weight is 460 g/mol. The summed E-state index contributed by atoms with van der Waals surface area (Å²) in [4.78, 5) is 0. The Morgan fingerprint density at radius 1 is 0.625 bits per heavy atom. The smallest absolute Gasteiger partial charge is 0.157 e. The van der Waals surface area contributed by atoms with Crippen LogP contribution in [0.5, 0.6) is 0 Å². The van der Waals surface area contributed by atoms with E-state index in [1.54, 1.807) is 12.1 Å². The highest BCUT2D eigenvalue weighted by molar-refractivity contribution is 5.71. The molecule has 2 aliphatic rings. The summed E-state index contributed by atoms with van der Waals surface area (Å²) < 4.78 is 11.0. The highest BCUT2D eigenvalue weighted by Crippen LogP contribution is 2.32. The van der Waals surface area contributed by atoms with E-state index in [1.807, 2.05) is 13.8 Å². The first kappa shape index (κ1) is 25.1. The van der Waals surface area contributed by atoms with Crippen molar-refractivity contribution >= 4 is 11.4 Å². The molecule has 32 heavy (non-hydrogen) atoms. The average Bonchev–Trinajstić information content (AvgIpc) is 2.77. The van der Waals surface area contributed by atoms with E-state index in [2.05, 4.69) is 10.6 Å². The number of aryl methyl sites for hydroxylation is 2. The Morgan fingerprint density at radius 3 is 1.28 bits per heavy atom. The van der Waals surface area contributed by atoms with Gasteiger partial charge in [0, 0.05) is 0 Å². The first-order valence-electron chi connectivity index (χ1n) is 10.3. The van der Waals surface area contributed by atoms with E-state index in [0.29, 0.717) is 11.4 Å². The van der Waals surface area contributed by atoms with Gasteiger partial charge >= 0.3 is 0 Å². The topological polar surface area (TPSA) is 204 Å². The summed E-state index contributed by atoms with van der Waals surface area (Å²) in [6.07, 6.45) is -13.7. The Kier molecular flexibility index (Phi) is 7.93. The minimum absolute atomic E-state index is 0.370. The Hall–Kier alpha value is -1.58. The van der Waals surface area contributed by atoms with Crippen LogP contribution in [0.2, 0.25) is 0 Å². The van der Waals surface area contributed by atoms with Gasteiger partial charge in [0.25, 0.3) is 0 Å². The van der Waals surface area contributed by atoms with Gasteiger partial charge in [-0.15, -0.1) is 0 Å². The summed E-state index contributed by atoms with van der Waals surface area (Å²) in [5.74, 6) is 0. The molecule has 3 rings (SSSR count). The minimum atomic E-state index is -1.56. The zero-order valence-corrected chi connectivity index (χ0v) is 17.7. The number of ether oxygens (including phenoxy) is 2. The summed E-state index contributed by atoms with van der Waals surface area (Å²) in [6.45, 7) is 2.52. The molecule has 2 fully saturated rings. The van der Waals surface area contributed by atoms with Crippen LogP contribution in [0.25, 0.3) is 0 Å². The fourth-order valence-electron chi connectivity index (χ4n) is 3.80. The molecule has 2 saturated heterocycles. The van der Waals surface area contributed by atoms with E-state index in [9.17, 15) is 40.9 Å². The lowest BCUT2D eigenvalue weighted by atomic mass is 9.97. The molecule has 0 aliphatic carbocycles. The molecule has 182 valence electrons. The van der Waals surface area contributed by atoms with Gasteiger partial charge in [0.15, 0.2) is 12.5 Å². The summed E-state index contributed by atoms with van der Waals surface area (Å²) in [5.41, 5.74) is 2.46. The zero-order chi connectivity index (χ0) is 23.7. The van der Waals surface area contributed by atoms with Crippen LogP contribution in [0.4, 0.5) is 11.4 Å². The third-order valence-corrected chi connectivity index (χ3v) is 6.01. The predicted molar refractivity (Wildman–Crippen MR) is 111 cm³/mol. The van der Waals surface area contributed by atoms with Crippen molar-refractivity contribution in [1.82, 2.24) is 0 Å². The summed E-state index contributed by atoms with van der Waals surface area (Å²) >= 11 is 0. The quantitative estimate of drug-likeness (QED) is 0.203. The predicted octanol–water partition coefficient (Wildman–Crippen LogP) is -3.27. The molecule has 0 aromatic heterocycles. The number of anilines is 2. The lowest BCUT2D eigenvalue weighted by molar-refractivity contribution is -0.222. The van der Waals surface area contributed by atoms with Gasteiger partial charge in [0.05, 0.1) is 24.6 Å². The van der Waals surface area contributed by atoms with Crippen molar-refractivity contribution in [3.05, 3.63) is 23.3 Å². The largest absolute Gasteiger partial charge is 0.394 e. The fraction of sp³-hybridized carbons (Fsp3) is 0.700. The van der Waals surface area contributed by atoms with Gasteiger partial charge in [-0.25, -0.2) is 0 Å². The van der Waals surface area contributed by atoms with Gasteiger partial charge in [-0.1, -0.05) is 0 Å². The van der Waals surface area contributed by atoms with E-state index in [1.165, 1.54) is 0 Å². The van der Waals surface area contributed by atoms with Gasteiger partial charge in [0.2, 0.25) is 0 Å². The van der Waals surface area contributed by atoms with Crippen LogP contribution in [0.1, 0.15) is 11.1 Å². The van der Waals surface area contributed by atoms with E-state index in [-0.39, 0.29) is 0 Å². The highest BCUT2D eigenvalue weighted by Gasteiger charge is 2.45. The molecule has 10 atom stereocenters. The summed E-state index contributed by atoms with van der Waals surface area (Å²) in [7, 11) is 0. The van der Waals surface area contributed by atoms with Gasteiger partial charge in [-0.3, -0.25) is 0 Å². The maximum atomic E-state index is 10.3. The third-order valence-electron chi connectivity index (χ3n) is 6.01. The second-order valence-corrected chi connectivity index (χ2v) is 8.27. The SMILES string of the molecule is Cc1cc(N[C@@H]2O[C@H](CO)[C@H](O)[C@H](O)[C@H]2O)c(N[C@@H]2O[C@H](CO)[C@H](O)[C@H](O)[C@@H]2O)cc1C. The van der Waals surface area contributed by atoms with Crippen LogP contribution in [0.15, 0.2) is 12.1 Å². The minimum Gasteiger partial charge on any atom is -0.394 e. The van der Waals surface area contributed by atoms with E-state index < -0.39 is 74.5 Å². The Labute approximate surface area is 184 Å². The second kappa shape index (κ2) is 10.1. The molecule has 1 aromatic carbocycles. The first-order valence-corrected chi connectivity index (χ1v) is 10.3. The van der Waals surface area contributed by atoms with Crippen molar-refractivity contribution in [1.29, 1.82) is 0 Å². The molecular weight excluding hydrogens is 428 g/mol. The normalized spacial score (nSPS) is 40.2. The number of nitrogens with one attached hydrogen (secondary N) is 2. The van der Waals surface area contributed by atoms with Crippen LogP contribution in [-0.2, 0) is 9.47 Å². The molecule has 0 amide bonds. The van der Waals surface area contributed by atoms with Crippen LogP contribution in [-0.4, -0.2) is 115 Å². The number of hydrogen-bond donors (Lipinski definition) is 10. The number of aliphatic hydroxyl groups excluding tert-OH is 8. The Balaban J connectivity index is 1.86. The molecule has 12 heteroatoms.